The van der Waals surface area contributed by atoms with Gasteiger partial charge in [-0.15, -0.1) is 0 Å². The third-order valence-corrected chi connectivity index (χ3v) is 4.48. The Morgan fingerprint density at radius 3 is 2.52 bits per heavy atom. The molecule has 1 N–H and O–H groups in total. The van der Waals surface area contributed by atoms with Crippen LogP contribution in [0.5, 0.6) is 11.8 Å². The van der Waals surface area contributed by atoms with E-state index in [-0.39, 0.29) is 18.2 Å². The van der Waals surface area contributed by atoms with E-state index in [1.165, 1.54) is 5.06 Å². The van der Waals surface area contributed by atoms with Crippen LogP contribution >= 0.6 is 0 Å². The Bertz CT molecular complexity index is 580. The summed E-state index contributed by atoms with van der Waals surface area (Å²) in [4.78, 5) is 4.31. The van der Waals surface area contributed by atoms with Crippen molar-refractivity contribution in [2.75, 3.05) is 14.2 Å². The molecule has 2 saturated heterocycles. The molecule has 2 fully saturated rings. The number of hydrogen-bond donors (Lipinski definition) is 1. The maximum Gasteiger partial charge on any atom is 0.221 e. The van der Waals surface area contributed by atoms with Crippen LogP contribution in [0.1, 0.15) is 38.8 Å². The fourth-order valence-electron chi connectivity index (χ4n) is 3.54. The minimum atomic E-state index is -0.671. The van der Waals surface area contributed by atoms with Gasteiger partial charge in [0, 0.05) is 11.6 Å². The maximum atomic E-state index is 10.7. The number of hydroxylamine groups is 2. The first-order valence-electron chi connectivity index (χ1n) is 7.83. The molecule has 3 heterocycles. The van der Waals surface area contributed by atoms with Gasteiger partial charge >= 0.3 is 0 Å². The van der Waals surface area contributed by atoms with Crippen molar-refractivity contribution < 1.29 is 24.2 Å². The summed E-state index contributed by atoms with van der Waals surface area (Å²) in [6.45, 7) is 5.80. The molecule has 23 heavy (non-hydrogen) atoms. The second-order valence-electron chi connectivity index (χ2n) is 6.32. The molecule has 0 bridgehead atoms. The van der Waals surface area contributed by atoms with E-state index in [2.05, 4.69) is 4.98 Å². The van der Waals surface area contributed by atoms with Crippen LogP contribution in [0.2, 0.25) is 0 Å². The van der Waals surface area contributed by atoms with Gasteiger partial charge in [0.05, 0.1) is 26.3 Å². The first-order valence-corrected chi connectivity index (χ1v) is 7.83. The number of hydrogen-bond acceptors (Lipinski definition) is 7. The van der Waals surface area contributed by atoms with Crippen LogP contribution in [-0.4, -0.2) is 53.5 Å². The van der Waals surface area contributed by atoms with Gasteiger partial charge in [-0.1, -0.05) is 6.92 Å². The molecule has 0 spiro atoms. The lowest BCUT2D eigenvalue weighted by Gasteiger charge is -2.29. The summed E-state index contributed by atoms with van der Waals surface area (Å²) >= 11 is 0. The minimum absolute atomic E-state index is 0.140. The summed E-state index contributed by atoms with van der Waals surface area (Å²) in [5, 5.41) is 12.0. The number of fused-ring (bicyclic) bond motifs is 1. The molecule has 0 unspecified atom stereocenters. The lowest BCUT2D eigenvalue weighted by atomic mass is 10.0. The fourth-order valence-corrected chi connectivity index (χ4v) is 3.54. The molecule has 7 heteroatoms. The molecular weight excluding hydrogens is 300 g/mol. The first-order chi connectivity index (χ1) is 10.9. The van der Waals surface area contributed by atoms with Crippen LogP contribution in [0, 0.1) is 0 Å². The van der Waals surface area contributed by atoms with Crippen molar-refractivity contribution in [3.05, 3.63) is 17.7 Å². The number of ether oxygens (including phenoxy) is 4. The van der Waals surface area contributed by atoms with Gasteiger partial charge in [-0.25, -0.2) is 0 Å². The zero-order chi connectivity index (χ0) is 16.8. The topological polar surface area (TPSA) is 73.3 Å². The van der Waals surface area contributed by atoms with Crippen molar-refractivity contribution in [1.82, 2.24) is 10.0 Å². The largest absolute Gasteiger partial charge is 0.481 e. The first kappa shape index (κ1) is 16.4. The van der Waals surface area contributed by atoms with Crippen LogP contribution in [0.4, 0.5) is 0 Å². The standard InChI is InChI=1S/C16H24N2O5/c1-6-10-13-14(23-16(2,3)22-13)12(18(10)19)9-7-8-11(20-4)17-15(9)21-5/h7-8,10,12-14,19H,6H2,1-5H3/t10-,12+,13-,14+/m1/s1. The van der Waals surface area contributed by atoms with Gasteiger partial charge in [0.15, 0.2) is 5.79 Å². The molecule has 0 radical (unpaired) electrons. The van der Waals surface area contributed by atoms with E-state index in [4.69, 9.17) is 18.9 Å². The molecule has 0 aromatic carbocycles. The van der Waals surface area contributed by atoms with E-state index in [1.807, 2.05) is 26.8 Å². The number of rotatable bonds is 4. The number of methoxy groups -OCH3 is 2. The van der Waals surface area contributed by atoms with Gasteiger partial charge < -0.3 is 24.2 Å². The molecule has 2 aliphatic rings. The number of nitrogens with zero attached hydrogens (tertiary/aromatic N) is 2. The second-order valence-corrected chi connectivity index (χ2v) is 6.32. The predicted molar refractivity (Wildman–Crippen MR) is 81.6 cm³/mol. The summed E-state index contributed by atoms with van der Waals surface area (Å²) in [6.07, 6.45) is 0.264. The van der Waals surface area contributed by atoms with E-state index >= 15 is 0 Å². The Morgan fingerprint density at radius 2 is 1.91 bits per heavy atom. The minimum Gasteiger partial charge on any atom is -0.481 e. The fraction of sp³-hybridized carbons (Fsp3) is 0.688. The van der Waals surface area contributed by atoms with Gasteiger partial charge in [0.2, 0.25) is 11.8 Å². The van der Waals surface area contributed by atoms with Crippen molar-refractivity contribution in [3.63, 3.8) is 0 Å². The quantitative estimate of drug-likeness (QED) is 0.909. The molecule has 0 saturated carbocycles. The summed E-state index contributed by atoms with van der Waals surface area (Å²) in [6, 6.07) is 3.06. The number of pyridine rings is 1. The van der Waals surface area contributed by atoms with Crippen molar-refractivity contribution in [3.8, 4) is 11.8 Å². The summed E-state index contributed by atoms with van der Waals surface area (Å²) in [5.74, 6) is 0.202. The SMILES string of the molecule is CC[C@@H]1[C@H]2OC(C)(C)O[C@H]2[C@H](c2ccc(OC)nc2OC)N1O. The van der Waals surface area contributed by atoms with E-state index < -0.39 is 11.8 Å². The zero-order valence-corrected chi connectivity index (χ0v) is 14.1. The Morgan fingerprint density at radius 1 is 1.22 bits per heavy atom. The third-order valence-electron chi connectivity index (χ3n) is 4.48. The van der Waals surface area contributed by atoms with Gasteiger partial charge in [-0.05, 0) is 26.3 Å². The second kappa shape index (κ2) is 5.90. The highest BCUT2D eigenvalue weighted by molar-refractivity contribution is 5.35. The molecule has 128 valence electrons. The Labute approximate surface area is 136 Å². The monoisotopic (exact) mass is 324 g/mol. The highest BCUT2D eigenvalue weighted by Crippen LogP contribution is 2.48. The maximum absolute atomic E-state index is 10.7. The molecule has 0 amide bonds. The average Bonchev–Trinajstić information content (AvgIpc) is 2.95. The number of aromatic nitrogens is 1. The van der Waals surface area contributed by atoms with Crippen LogP contribution in [0.25, 0.3) is 0 Å². The highest BCUT2D eigenvalue weighted by Gasteiger charge is 2.58. The van der Waals surface area contributed by atoms with Gasteiger partial charge in [0.1, 0.15) is 12.2 Å². The van der Waals surface area contributed by atoms with E-state index in [1.54, 1.807) is 20.3 Å². The molecule has 7 nitrogen and oxygen atoms in total. The predicted octanol–water partition coefficient (Wildman–Crippen LogP) is 2.14. The molecule has 1 aromatic rings. The van der Waals surface area contributed by atoms with Crippen LogP contribution in [-0.2, 0) is 9.47 Å². The summed E-state index contributed by atoms with van der Waals surface area (Å²) in [5.41, 5.74) is 0.753. The van der Waals surface area contributed by atoms with Gasteiger partial charge in [0.25, 0.3) is 0 Å². The van der Waals surface area contributed by atoms with E-state index in [9.17, 15) is 5.21 Å². The van der Waals surface area contributed by atoms with Crippen molar-refractivity contribution in [2.45, 2.75) is 57.3 Å². The molecule has 1 aromatic heterocycles. The van der Waals surface area contributed by atoms with Crippen LogP contribution in [0.3, 0.4) is 0 Å². The third kappa shape index (κ3) is 2.67. The highest BCUT2D eigenvalue weighted by atomic mass is 16.8. The lowest BCUT2D eigenvalue weighted by molar-refractivity contribution is -0.217. The van der Waals surface area contributed by atoms with E-state index in [0.717, 1.165) is 12.0 Å². The van der Waals surface area contributed by atoms with Crippen molar-refractivity contribution in [2.24, 2.45) is 0 Å². The Kier molecular flexibility index (Phi) is 4.22. The normalized spacial score (nSPS) is 32.8. The smallest absolute Gasteiger partial charge is 0.221 e. The van der Waals surface area contributed by atoms with Crippen molar-refractivity contribution in [1.29, 1.82) is 0 Å². The summed E-state index contributed by atoms with van der Waals surface area (Å²) in [7, 11) is 3.10. The molecule has 4 atom stereocenters. The van der Waals surface area contributed by atoms with Crippen molar-refractivity contribution >= 4 is 0 Å². The van der Waals surface area contributed by atoms with Crippen LogP contribution < -0.4 is 9.47 Å². The lowest BCUT2D eigenvalue weighted by Crippen LogP contribution is -2.37. The Hall–Kier alpha value is -1.41. The molecule has 0 aliphatic carbocycles. The average molecular weight is 324 g/mol. The van der Waals surface area contributed by atoms with Gasteiger partial charge in [-0.3, -0.25) is 0 Å². The molecular formula is C16H24N2O5. The molecule has 2 aliphatic heterocycles. The van der Waals surface area contributed by atoms with E-state index in [0.29, 0.717) is 11.8 Å². The van der Waals surface area contributed by atoms with Gasteiger partial charge in [-0.2, -0.15) is 10.0 Å². The molecule has 3 rings (SSSR count). The summed E-state index contributed by atoms with van der Waals surface area (Å²) < 4.78 is 22.6. The Balaban J connectivity index is 2.01. The zero-order valence-electron chi connectivity index (χ0n) is 14.1. The van der Waals surface area contributed by atoms with Crippen LogP contribution in [0.15, 0.2) is 12.1 Å².